The summed E-state index contributed by atoms with van der Waals surface area (Å²) in [5, 5.41) is 19.5. The van der Waals surface area contributed by atoms with Crippen LogP contribution in [0.3, 0.4) is 0 Å². The fourth-order valence-electron chi connectivity index (χ4n) is 2.96. The molecule has 9 nitrogen and oxygen atoms in total. The average Bonchev–Trinajstić information content (AvgIpc) is 3.36. The molecular weight excluding hydrogens is 376 g/mol. The molecule has 29 heavy (non-hydrogen) atoms. The van der Waals surface area contributed by atoms with E-state index in [2.05, 4.69) is 15.2 Å². The Balaban J connectivity index is 1.42. The van der Waals surface area contributed by atoms with E-state index >= 15 is 0 Å². The van der Waals surface area contributed by atoms with E-state index in [1.165, 1.54) is 24.3 Å². The number of para-hydroxylation sites is 1. The standard InChI is InChI=1S/C20H16N4O5/c1-12(28-18(25)10-14-11-21-17-5-3-2-4-16(14)17)19-22-23-20(29-19)13-6-8-15(9-7-13)24(26)27/h2-9,11-12,21H,10H2,1H3/t12-/m0/s1. The number of non-ortho nitro benzene ring substituents is 1. The lowest BCUT2D eigenvalue weighted by atomic mass is 10.1. The highest BCUT2D eigenvalue weighted by atomic mass is 16.6. The Hall–Kier alpha value is -4.01. The summed E-state index contributed by atoms with van der Waals surface area (Å²) in [6.07, 6.45) is 1.17. The Labute approximate surface area is 164 Å². The van der Waals surface area contributed by atoms with Gasteiger partial charge in [-0.3, -0.25) is 14.9 Å². The lowest BCUT2D eigenvalue weighted by Crippen LogP contribution is -2.11. The van der Waals surface area contributed by atoms with Crippen LogP contribution in [0.4, 0.5) is 5.69 Å². The minimum Gasteiger partial charge on any atom is -0.452 e. The average molecular weight is 392 g/mol. The Kier molecular flexibility index (Phi) is 4.78. The van der Waals surface area contributed by atoms with Crippen molar-refractivity contribution in [3.63, 3.8) is 0 Å². The van der Waals surface area contributed by atoms with Crippen LogP contribution in [0.5, 0.6) is 0 Å². The molecule has 9 heteroatoms. The predicted molar refractivity (Wildman–Crippen MR) is 103 cm³/mol. The zero-order valence-electron chi connectivity index (χ0n) is 15.4. The van der Waals surface area contributed by atoms with Gasteiger partial charge in [-0.05, 0) is 30.7 Å². The zero-order chi connectivity index (χ0) is 20.4. The van der Waals surface area contributed by atoms with Gasteiger partial charge in [0.1, 0.15) is 0 Å². The molecule has 0 aliphatic carbocycles. The van der Waals surface area contributed by atoms with Crippen molar-refractivity contribution in [2.75, 3.05) is 0 Å². The van der Waals surface area contributed by atoms with E-state index in [1.54, 1.807) is 13.1 Å². The Morgan fingerprint density at radius 1 is 1.21 bits per heavy atom. The van der Waals surface area contributed by atoms with Gasteiger partial charge in [0, 0.05) is 34.8 Å². The molecule has 1 N–H and O–H groups in total. The first kappa shape index (κ1) is 18.4. The number of nitrogens with one attached hydrogen (secondary N) is 1. The fraction of sp³-hybridized carbons (Fsp3) is 0.150. The summed E-state index contributed by atoms with van der Waals surface area (Å²) < 4.78 is 11.0. The summed E-state index contributed by atoms with van der Waals surface area (Å²) in [6, 6.07) is 13.4. The number of nitro groups is 1. The first-order valence-electron chi connectivity index (χ1n) is 8.84. The van der Waals surface area contributed by atoms with Crippen LogP contribution in [0.1, 0.15) is 24.5 Å². The highest BCUT2D eigenvalue weighted by Crippen LogP contribution is 2.25. The van der Waals surface area contributed by atoms with Crippen LogP contribution in [-0.4, -0.2) is 26.1 Å². The lowest BCUT2D eigenvalue weighted by molar-refractivity contribution is -0.384. The highest BCUT2D eigenvalue weighted by molar-refractivity contribution is 5.87. The number of fused-ring (bicyclic) bond motifs is 1. The molecule has 2 aromatic heterocycles. The summed E-state index contributed by atoms with van der Waals surface area (Å²) in [5.41, 5.74) is 2.29. The van der Waals surface area contributed by atoms with Gasteiger partial charge in [0.15, 0.2) is 6.10 Å². The maximum atomic E-state index is 12.3. The van der Waals surface area contributed by atoms with Crippen LogP contribution in [0.2, 0.25) is 0 Å². The van der Waals surface area contributed by atoms with E-state index in [0.717, 1.165) is 16.5 Å². The van der Waals surface area contributed by atoms with Crippen LogP contribution in [0, 0.1) is 10.1 Å². The monoisotopic (exact) mass is 392 g/mol. The van der Waals surface area contributed by atoms with E-state index < -0.39 is 17.0 Å². The molecule has 2 heterocycles. The second-order valence-electron chi connectivity index (χ2n) is 6.42. The highest BCUT2D eigenvalue weighted by Gasteiger charge is 2.20. The number of H-pyrrole nitrogens is 1. The Morgan fingerprint density at radius 3 is 2.72 bits per heavy atom. The van der Waals surface area contributed by atoms with Gasteiger partial charge in [0.2, 0.25) is 5.89 Å². The number of aromatic amines is 1. The topological polar surface area (TPSA) is 124 Å². The largest absolute Gasteiger partial charge is 0.452 e. The molecule has 0 aliphatic rings. The minimum atomic E-state index is -0.730. The van der Waals surface area contributed by atoms with Gasteiger partial charge in [-0.25, -0.2) is 0 Å². The van der Waals surface area contributed by atoms with Crippen LogP contribution >= 0.6 is 0 Å². The quantitative estimate of drug-likeness (QED) is 0.299. The second kappa shape index (κ2) is 7.55. The molecule has 0 saturated carbocycles. The number of hydrogen-bond acceptors (Lipinski definition) is 7. The van der Waals surface area contributed by atoms with Gasteiger partial charge in [-0.15, -0.1) is 10.2 Å². The molecule has 0 radical (unpaired) electrons. The number of aromatic nitrogens is 3. The smallest absolute Gasteiger partial charge is 0.311 e. The zero-order valence-corrected chi connectivity index (χ0v) is 15.4. The summed E-state index contributed by atoms with van der Waals surface area (Å²) in [6.45, 7) is 1.64. The van der Waals surface area contributed by atoms with Crippen LogP contribution in [-0.2, 0) is 16.0 Å². The number of nitro benzene ring substituents is 1. The van der Waals surface area contributed by atoms with Crippen molar-refractivity contribution in [3.05, 3.63) is 76.3 Å². The number of hydrogen-bond donors (Lipinski definition) is 1. The third-order valence-corrected chi connectivity index (χ3v) is 4.43. The fourth-order valence-corrected chi connectivity index (χ4v) is 2.96. The minimum absolute atomic E-state index is 0.0342. The van der Waals surface area contributed by atoms with E-state index in [0.29, 0.717) is 5.56 Å². The number of benzene rings is 2. The van der Waals surface area contributed by atoms with Crippen molar-refractivity contribution >= 4 is 22.6 Å². The first-order chi connectivity index (χ1) is 14.0. The number of ether oxygens (including phenoxy) is 1. The molecule has 0 unspecified atom stereocenters. The molecular formula is C20H16N4O5. The molecule has 0 aliphatic heterocycles. The van der Waals surface area contributed by atoms with Crippen molar-refractivity contribution in [2.24, 2.45) is 0 Å². The molecule has 0 fully saturated rings. The molecule has 0 spiro atoms. The van der Waals surface area contributed by atoms with Crippen LogP contribution in [0.25, 0.3) is 22.4 Å². The summed E-state index contributed by atoms with van der Waals surface area (Å²) >= 11 is 0. The molecule has 1 atom stereocenters. The SMILES string of the molecule is C[C@H](OC(=O)Cc1c[nH]c2ccccc12)c1nnc(-c2ccc([N+](=O)[O-])cc2)o1. The maximum Gasteiger partial charge on any atom is 0.311 e. The Morgan fingerprint density at radius 2 is 1.97 bits per heavy atom. The lowest BCUT2D eigenvalue weighted by Gasteiger charge is -2.09. The number of nitrogens with zero attached hydrogens (tertiary/aromatic N) is 3. The molecule has 2 aromatic carbocycles. The molecule has 0 amide bonds. The van der Waals surface area contributed by atoms with Crippen molar-refractivity contribution in [1.29, 1.82) is 0 Å². The van der Waals surface area contributed by atoms with Gasteiger partial charge >= 0.3 is 5.97 Å². The van der Waals surface area contributed by atoms with Crippen LogP contribution < -0.4 is 0 Å². The predicted octanol–water partition coefficient (Wildman–Crippen LogP) is 3.97. The second-order valence-corrected chi connectivity index (χ2v) is 6.42. The van der Waals surface area contributed by atoms with Gasteiger partial charge in [0.25, 0.3) is 11.6 Å². The number of esters is 1. The summed E-state index contributed by atoms with van der Waals surface area (Å²) in [7, 11) is 0. The van der Waals surface area contributed by atoms with E-state index in [-0.39, 0.29) is 23.9 Å². The van der Waals surface area contributed by atoms with Crippen molar-refractivity contribution in [1.82, 2.24) is 15.2 Å². The Bertz CT molecular complexity index is 1180. The third kappa shape index (κ3) is 3.84. The molecule has 0 bridgehead atoms. The molecule has 4 aromatic rings. The van der Waals surface area contributed by atoms with Gasteiger partial charge in [-0.1, -0.05) is 18.2 Å². The van der Waals surface area contributed by atoms with Gasteiger partial charge in [0.05, 0.1) is 11.3 Å². The molecule has 4 rings (SSSR count). The maximum absolute atomic E-state index is 12.3. The first-order valence-corrected chi connectivity index (χ1v) is 8.84. The van der Waals surface area contributed by atoms with Crippen molar-refractivity contribution in [2.45, 2.75) is 19.4 Å². The number of carbonyl (C=O) groups is 1. The molecule has 146 valence electrons. The normalized spacial score (nSPS) is 12.0. The van der Waals surface area contributed by atoms with Gasteiger partial charge < -0.3 is 14.1 Å². The van der Waals surface area contributed by atoms with Crippen molar-refractivity contribution in [3.8, 4) is 11.5 Å². The van der Waals surface area contributed by atoms with E-state index in [1.807, 2.05) is 24.3 Å². The van der Waals surface area contributed by atoms with Gasteiger partial charge in [-0.2, -0.15) is 0 Å². The molecule has 0 saturated heterocycles. The van der Waals surface area contributed by atoms with E-state index in [9.17, 15) is 14.9 Å². The van der Waals surface area contributed by atoms with E-state index in [4.69, 9.17) is 9.15 Å². The van der Waals surface area contributed by atoms with Crippen LogP contribution in [0.15, 0.2) is 59.1 Å². The number of carbonyl (C=O) groups excluding carboxylic acids is 1. The third-order valence-electron chi connectivity index (χ3n) is 4.43. The number of rotatable bonds is 6. The van der Waals surface area contributed by atoms with Crippen molar-refractivity contribution < 1.29 is 18.9 Å². The summed E-state index contributed by atoms with van der Waals surface area (Å²) in [5.74, 6) is -0.0857. The summed E-state index contributed by atoms with van der Waals surface area (Å²) in [4.78, 5) is 25.7.